The summed E-state index contributed by atoms with van der Waals surface area (Å²) >= 11 is 0. The molecule has 0 heterocycles. The van der Waals surface area contributed by atoms with Crippen molar-refractivity contribution in [2.24, 2.45) is 5.92 Å². The summed E-state index contributed by atoms with van der Waals surface area (Å²) in [6.45, 7) is 2.77. The van der Waals surface area contributed by atoms with Gasteiger partial charge in [0.05, 0.1) is 0 Å². The summed E-state index contributed by atoms with van der Waals surface area (Å²) < 4.78 is 0. The summed E-state index contributed by atoms with van der Waals surface area (Å²) in [6, 6.07) is 7.02. The molecule has 2 rings (SSSR count). The number of nitrogens with one attached hydrogen (secondary N) is 1. The van der Waals surface area contributed by atoms with Gasteiger partial charge in [0.15, 0.2) is 0 Å². The second kappa shape index (κ2) is 8.11. The molecule has 5 nitrogen and oxygen atoms in total. The van der Waals surface area contributed by atoms with Crippen molar-refractivity contribution in [1.82, 2.24) is 10.2 Å². The van der Waals surface area contributed by atoms with Gasteiger partial charge in [0.2, 0.25) is 0 Å². The molecule has 0 aromatic heterocycles. The minimum atomic E-state index is -0.133. The van der Waals surface area contributed by atoms with E-state index in [0.717, 1.165) is 25.7 Å². The van der Waals surface area contributed by atoms with Crippen LogP contribution >= 0.6 is 0 Å². The summed E-state index contributed by atoms with van der Waals surface area (Å²) in [7, 11) is 1.74. The van der Waals surface area contributed by atoms with Gasteiger partial charge in [-0.3, -0.25) is 9.59 Å². The van der Waals surface area contributed by atoms with Crippen LogP contribution in [0.1, 0.15) is 53.3 Å². The third-order valence-electron chi connectivity index (χ3n) is 4.63. The third kappa shape index (κ3) is 4.55. The topological polar surface area (TPSA) is 69.6 Å². The molecular formula is C18H26N2O3. The molecule has 1 saturated carbocycles. The highest BCUT2D eigenvalue weighted by Gasteiger charge is 2.22. The molecule has 0 atom stereocenters. The first-order valence-corrected chi connectivity index (χ1v) is 8.32. The van der Waals surface area contributed by atoms with Crippen LogP contribution < -0.4 is 5.32 Å². The van der Waals surface area contributed by atoms with Gasteiger partial charge in [0, 0.05) is 37.4 Å². The largest absolute Gasteiger partial charge is 0.396 e. The SMILES string of the molecule is CCN(C)C(=O)c1cccc(C(=O)NC2CCC(CO)CC2)c1. The zero-order valence-electron chi connectivity index (χ0n) is 13.9. The Bertz CT molecular complexity index is 551. The van der Waals surface area contributed by atoms with Crippen LogP contribution in [0.3, 0.4) is 0 Å². The highest BCUT2D eigenvalue weighted by Crippen LogP contribution is 2.24. The molecule has 0 unspecified atom stereocenters. The van der Waals surface area contributed by atoms with Gasteiger partial charge in [-0.25, -0.2) is 0 Å². The maximum atomic E-state index is 12.4. The Hall–Kier alpha value is -1.88. The first-order valence-electron chi connectivity index (χ1n) is 8.32. The lowest BCUT2D eigenvalue weighted by Crippen LogP contribution is -2.38. The molecule has 5 heteroatoms. The van der Waals surface area contributed by atoms with Crippen molar-refractivity contribution in [2.75, 3.05) is 20.2 Å². The fourth-order valence-corrected chi connectivity index (χ4v) is 2.92. The molecular weight excluding hydrogens is 292 g/mol. The lowest BCUT2D eigenvalue weighted by atomic mass is 9.86. The van der Waals surface area contributed by atoms with E-state index in [1.807, 2.05) is 6.92 Å². The number of carbonyl (C=O) groups is 2. The fraction of sp³-hybridized carbons (Fsp3) is 0.556. The van der Waals surface area contributed by atoms with Crippen LogP contribution in [0.25, 0.3) is 0 Å². The summed E-state index contributed by atoms with van der Waals surface area (Å²) in [4.78, 5) is 26.2. The Labute approximate surface area is 137 Å². The second-order valence-corrected chi connectivity index (χ2v) is 6.27. The zero-order chi connectivity index (χ0) is 16.8. The van der Waals surface area contributed by atoms with E-state index in [2.05, 4.69) is 5.32 Å². The standard InChI is InChI=1S/C18H26N2O3/c1-3-20(2)18(23)15-6-4-5-14(11-15)17(22)19-16-9-7-13(12-21)8-10-16/h4-6,11,13,16,21H,3,7-10,12H2,1-2H3,(H,19,22). The number of amides is 2. The van der Waals surface area contributed by atoms with Gasteiger partial charge in [-0.05, 0) is 56.7 Å². The first-order chi connectivity index (χ1) is 11.0. The maximum absolute atomic E-state index is 12.4. The quantitative estimate of drug-likeness (QED) is 0.873. The second-order valence-electron chi connectivity index (χ2n) is 6.27. The van der Waals surface area contributed by atoms with Gasteiger partial charge >= 0.3 is 0 Å². The van der Waals surface area contributed by atoms with Crippen molar-refractivity contribution in [3.05, 3.63) is 35.4 Å². The highest BCUT2D eigenvalue weighted by atomic mass is 16.3. The number of hydrogen-bond acceptors (Lipinski definition) is 3. The maximum Gasteiger partial charge on any atom is 0.253 e. The monoisotopic (exact) mass is 318 g/mol. The van der Waals surface area contributed by atoms with Gasteiger partial charge in [0.25, 0.3) is 11.8 Å². The Kier molecular flexibility index (Phi) is 6.16. The summed E-state index contributed by atoms with van der Waals surface area (Å²) in [6.07, 6.45) is 3.69. The Morgan fingerprint density at radius 2 is 1.87 bits per heavy atom. The number of rotatable bonds is 5. The number of carbonyl (C=O) groups excluding carboxylic acids is 2. The van der Waals surface area contributed by atoms with Crippen molar-refractivity contribution in [1.29, 1.82) is 0 Å². The van der Waals surface area contributed by atoms with Crippen LogP contribution in [0.4, 0.5) is 0 Å². The van der Waals surface area contributed by atoms with E-state index in [4.69, 9.17) is 5.11 Å². The van der Waals surface area contributed by atoms with Crippen molar-refractivity contribution in [2.45, 2.75) is 38.6 Å². The Balaban J connectivity index is 1.99. The fourth-order valence-electron chi connectivity index (χ4n) is 2.92. The van der Waals surface area contributed by atoms with E-state index in [1.165, 1.54) is 0 Å². The average Bonchev–Trinajstić information content (AvgIpc) is 2.61. The van der Waals surface area contributed by atoms with Gasteiger partial charge < -0.3 is 15.3 Å². The molecule has 0 radical (unpaired) electrons. The zero-order valence-corrected chi connectivity index (χ0v) is 13.9. The third-order valence-corrected chi connectivity index (χ3v) is 4.63. The molecule has 2 amide bonds. The summed E-state index contributed by atoms with van der Waals surface area (Å²) in [5, 5.41) is 12.2. The summed E-state index contributed by atoms with van der Waals surface area (Å²) in [5.41, 5.74) is 1.05. The molecule has 0 bridgehead atoms. The van der Waals surface area contributed by atoms with E-state index in [-0.39, 0.29) is 24.5 Å². The van der Waals surface area contributed by atoms with Crippen molar-refractivity contribution >= 4 is 11.8 Å². The molecule has 1 aliphatic rings. The first kappa shape index (κ1) is 17.5. The van der Waals surface area contributed by atoms with E-state index < -0.39 is 0 Å². The molecule has 0 aliphatic heterocycles. The van der Waals surface area contributed by atoms with E-state index in [0.29, 0.717) is 23.6 Å². The van der Waals surface area contributed by atoms with Crippen molar-refractivity contribution in [3.63, 3.8) is 0 Å². The number of aliphatic hydroxyl groups is 1. The minimum Gasteiger partial charge on any atom is -0.396 e. The lowest BCUT2D eigenvalue weighted by molar-refractivity contribution is 0.0802. The molecule has 0 spiro atoms. The molecule has 1 fully saturated rings. The molecule has 2 N–H and O–H groups in total. The van der Waals surface area contributed by atoms with Crippen molar-refractivity contribution in [3.8, 4) is 0 Å². The number of hydrogen-bond donors (Lipinski definition) is 2. The van der Waals surface area contributed by atoms with E-state index in [1.54, 1.807) is 36.2 Å². The highest BCUT2D eigenvalue weighted by molar-refractivity contribution is 5.99. The van der Waals surface area contributed by atoms with Crippen LogP contribution in [-0.2, 0) is 0 Å². The average molecular weight is 318 g/mol. The predicted molar refractivity (Wildman–Crippen MR) is 89.4 cm³/mol. The van der Waals surface area contributed by atoms with Gasteiger partial charge in [-0.2, -0.15) is 0 Å². The molecule has 126 valence electrons. The molecule has 1 aromatic rings. The minimum absolute atomic E-state index is 0.0781. The number of aliphatic hydroxyl groups excluding tert-OH is 1. The normalized spacial score (nSPS) is 20.8. The number of nitrogens with zero attached hydrogens (tertiary/aromatic N) is 1. The van der Waals surface area contributed by atoms with Gasteiger partial charge in [-0.15, -0.1) is 0 Å². The summed E-state index contributed by atoms with van der Waals surface area (Å²) in [5.74, 6) is 0.158. The van der Waals surface area contributed by atoms with Gasteiger partial charge in [0.1, 0.15) is 0 Å². The van der Waals surface area contributed by atoms with E-state index in [9.17, 15) is 9.59 Å². The van der Waals surface area contributed by atoms with Gasteiger partial charge in [-0.1, -0.05) is 6.07 Å². The van der Waals surface area contributed by atoms with Crippen molar-refractivity contribution < 1.29 is 14.7 Å². The van der Waals surface area contributed by atoms with Crippen LogP contribution in [0.2, 0.25) is 0 Å². The van der Waals surface area contributed by atoms with Crippen LogP contribution in [0, 0.1) is 5.92 Å². The van der Waals surface area contributed by atoms with Crippen LogP contribution in [-0.4, -0.2) is 48.1 Å². The Morgan fingerprint density at radius 3 is 2.48 bits per heavy atom. The predicted octanol–water partition coefficient (Wildman–Crippen LogP) is 2.06. The molecule has 1 aliphatic carbocycles. The smallest absolute Gasteiger partial charge is 0.253 e. The van der Waals surface area contributed by atoms with Crippen LogP contribution in [0.5, 0.6) is 0 Å². The molecule has 23 heavy (non-hydrogen) atoms. The van der Waals surface area contributed by atoms with Crippen LogP contribution in [0.15, 0.2) is 24.3 Å². The van der Waals surface area contributed by atoms with E-state index >= 15 is 0 Å². The Morgan fingerprint density at radius 1 is 1.22 bits per heavy atom. The molecule has 0 saturated heterocycles. The lowest BCUT2D eigenvalue weighted by Gasteiger charge is -2.28. The number of benzene rings is 1. The molecule has 1 aromatic carbocycles.